The van der Waals surface area contributed by atoms with Crippen LogP contribution in [-0.4, -0.2) is 57.9 Å². The normalized spacial score (nSPS) is 17.1. The summed E-state index contributed by atoms with van der Waals surface area (Å²) >= 11 is 0. The molecule has 1 fully saturated rings. The highest BCUT2D eigenvalue weighted by molar-refractivity contribution is 5.92. The summed E-state index contributed by atoms with van der Waals surface area (Å²) in [5.74, 6) is -0.0174. The number of nitrogens with zero attached hydrogens (tertiary/aromatic N) is 3. The van der Waals surface area contributed by atoms with Crippen LogP contribution < -0.4 is 0 Å². The molecule has 2 heterocycles. The molecule has 1 amide bonds. The molecule has 1 aliphatic rings. The van der Waals surface area contributed by atoms with Gasteiger partial charge in [0, 0.05) is 26.3 Å². The Labute approximate surface area is 106 Å². The Kier molecular flexibility index (Phi) is 4.33. The number of aromatic nitrogens is 2. The minimum absolute atomic E-state index is 0.0174. The lowest BCUT2D eigenvalue weighted by atomic mass is 10.1. The first-order valence-electron chi connectivity index (χ1n) is 6.20. The van der Waals surface area contributed by atoms with Crippen LogP contribution in [0.5, 0.6) is 0 Å². The molecule has 1 saturated heterocycles. The second-order valence-corrected chi connectivity index (χ2v) is 4.51. The van der Waals surface area contributed by atoms with E-state index < -0.39 is 0 Å². The van der Waals surface area contributed by atoms with Gasteiger partial charge >= 0.3 is 0 Å². The molecule has 1 N–H and O–H groups in total. The number of piperidine rings is 1. The van der Waals surface area contributed by atoms with Crippen molar-refractivity contribution < 1.29 is 14.6 Å². The first-order chi connectivity index (χ1) is 8.70. The van der Waals surface area contributed by atoms with Crippen LogP contribution in [-0.2, 0) is 11.8 Å². The molecule has 1 aromatic heterocycles. The molecule has 0 aromatic carbocycles. The van der Waals surface area contributed by atoms with Crippen molar-refractivity contribution in [2.24, 2.45) is 7.05 Å². The monoisotopic (exact) mass is 253 g/mol. The van der Waals surface area contributed by atoms with E-state index >= 15 is 0 Å². The zero-order valence-corrected chi connectivity index (χ0v) is 10.6. The number of aryl methyl sites for hydroxylation is 1. The summed E-state index contributed by atoms with van der Waals surface area (Å²) < 4.78 is 7.23. The molecule has 1 aliphatic heterocycles. The maximum atomic E-state index is 12.1. The lowest BCUT2D eigenvalue weighted by Crippen LogP contribution is -2.41. The minimum Gasteiger partial charge on any atom is -0.394 e. The van der Waals surface area contributed by atoms with Crippen LogP contribution in [0.1, 0.15) is 23.3 Å². The van der Waals surface area contributed by atoms with Gasteiger partial charge in [-0.3, -0.25) is 4.79 Å². The molecule has 6 heteroatoms. The highest BCUT2D eigenvalue weighted by Gasteiger charge is 2.24. The first kappa shape index (κ1) is 13.0. The van der Waals surface area contributed by atoms with Crippen LogP contribution in [0.4, 0.5) is 0 Å². The van der Waals surface area contributed by atoms with Crippen molar-refractivity contribution in [1.29, 1.82) is 0 Å². The zero-order valence-electron chi connectivity index (χ0n) is 10.6. The quantitative estimate of drug-likeness (QED) is 0.822. The van der Waals surface area contributed by atoms with Crippen LogP contribution in [0, 0.1) is 0 Å². The van der Waals surface area contributed by atoms with Crippen LogP contribution >= 0.6 is 0 Å². The number of amides is 1. The van der Waals surface area contributed by atoms with E-state index in [0.29, 0.717) is 25.4 Å². The van der Waals surface area contributed by atoms with E-state index in [1.54, 1.807) is 22.0 Å². The van der Waals surface area contributed by atoms with Crippen molar-refractivity contribution in [2.75, 3.05) is 26.3 Å². The molecule has 0 bridgehead atoms. The maximum Gasteiger partial charge on any atom is 0.274 e. The van der Waals surface area contributed by atoms with Gasteiger partial charge in [-0.25, -0.2) is 4.98 Å². The van der Waals surface area contributed by atoms with E-state index in [-0.39, 0.29) is 18.6 Å². The number of carbonyl (C=O) groups excluding carboxylic acids is 1. The topological polar surface area (TPSA) is 67.6 Å². The molecule has 0 atom stereocenters. The van der Waals surface area contributed by atoms with Crippen molar-refractivity contribution in [2.45, 2.75) is 18.9 Å². The van der Waals surface area contributed by atoms with Crippen molar-refractivity contribution in [3.8, 4) is 0 Å². The highest BCUT2D eigenvalue weighted by Crippen LogP contribution is 2.15. The van der Waals surface area contributed by atoms with Crippen molar-refractivity contribution in [3.63, 3.8) is 0 Å². The number of imidazole rings is 1. The average molecular weight is 253 g/mol. The molecule has 0 radical (unpaired) electrons. The van der Waals surface area contributed by atoms with Gasteiger partial charge in [-0.2, -0.15) is 0 Å². The Morgan fingerprint density at radius 2 is 2.28 bits per heavy atom. The maximum absolute atomic E-state index is 12.1. The summed E-state index contributed by atoms with van der Waals surface area (Å²) in [5, 5.41) is 8.69. The fourth-order valence-electron chi connectivity index (χ4n) is 2.13. The standard InChI is InChI=1S/C12H19N3O3/c1-14-8-11(13-9-14)12(17)15-4-2-10(3-5-15)18-7-6-16/h8-10,16H,2-7H2,1H3. The Hall–Kier alpha value is -1.40. The summed E-state index contributed by atoms with van der Waals surface area (Å²) in [6.45, 7) is 1.79. The molecule has 0 saturated carbocycles. The summed E-state index contributed by atoms with van der Waals surface area (Å²) in [4.78, 5) is 18.0. The van der Waals surface area contributed by atoms with Crippen LogP contribution in [0.15, 0.2) is 12.5 Å². The number of hydrogen-bond donors (Lipinski definition) is 1. The van der Waals surface area contributed by atoms with Gasteiger partial charge in [0.25, 0.3) is 5.91 Å². The predicted octanol–water partition coefficient (Wildman–Crippen LogP) is 0.0336. The molecular formula is C12H19N3O3. The fourth-order valence-corrected chi connectivity index (χ4v) is 2.13. The largest absolute Gasteiger partial charge is 0.394 e. The zero-order chi connectivity index (χ0) is 13.0. The third kappa shape index (κ3) is 3.08. The summed E-state index contributed by atoms with van der Waals surface area (Å²) in [6, 6.07) is 0. The Morgan fingerprint density at radius 1 is 1.56 bits per heavy atom. The minimum atomic E-state index is -0.0174. The van der Waals surface area contributed by atoms with Crippen LogP contribution in [0.25, 0.3) is 0 Å². The number of likely N-dealkylation sites (tertiary alicyclic amines) is 1. The summed E-state index contributed by atoms with van der Waals surface area (Å²) in [5.41, 5.74) is 0.493. The molecule has 2 rings (SSSR count). The number of aliphatic hydroxyl groups excluding tert-OH is 1. The van der Waals surface area contributed by atoms with E-state index in [0.717, 1.165) is 12.8 Å². The van der Waals surface area contributed by atoms with E-state index in [1.165, 1.54) is 0 Å². The Morgan fingerprint density at radius 3 is 2.83 bits per heavy atom. The van der Waals surface area contributed by atoms with Crippen molar-refractivity contribution >= 4 is 5.91 Å². The molecule has 18 heavy (non-hydrogen) atoms. The summed E-state index contributed by atoms with van der Waals surface area (Å²) in [6.07, 6.45) is 5.16. The van der Waals surface area contributed by atoms with Gasteiger partial charge in [-0.15, -0.1) is 0 Å². The Balaban J connectivity index is 1.84. The first-order valence-corrected chi connectivity index (χ1v) is 6.20. The van der Waals surface area contributed by atoms with Gasteiger partial charge < -0.3 is 19.3 Å². The third-order valence-corrected chi connectivity index (χ3v) is 3.10. The number of ether oxygens (including phenoxy) is 1. The Bertz CT molecular complexity index is 397. The van der Waals surface area contributed by atoms with Gasteiger partial charge in [0.2, 0.25) is 0 Å². The van der Waals surface area contributed by atoms with E-state index in [2.05, 4.69) is 4.98 Å². The van der Waals surface area contributed by atoms with Gasteiger partial charge in [0.1, 0.15) is 5.69 Å². The molecule has 0 aliphatic carbocycles. The van der Waals surface area contributed by atoms with Crippen molar-refractivity contribution in [3.05, 3.63) is 18.2 Å². The molecule has 0 unspecified atom stereocenters. The SMILES string of the molecule is Cn1cnc(C(=O)N2CCC(OCCO)CC2)c1. The molecular weight excluding hydrogens is 234 g/mol. The highest BCUT2D eigenvalue weighted by atomic mass is 16.5. The molecule has 0 spiro atoms. The van der Waals surface area contributed by atoms with Crippen LogP contribution in [0.2, 0.25) is 0 Å². The van der Waals surface area contributed by atoms with Gasteiger partial charge in [0.15, 0.2) is 0 Å². The van der Waals surface area contributed by atoms with E-state index in [1.807, 2.05) is 7.05 Å². The van der Waals surface area contributed by atoms with E-state index in [4.69, 9.17) is 9.84 Å². The molecule has 1 aromatic rings. The average Bonchev–Trinajstić information content (AvgIpc) is 2.83. The second kappa shape index (κ2) is 5.97. The van der Waals surface area contributed by atoms with E-state index in [9.17, 15) is 4.79 Å². The van der Waals surface area contributed by atoms with Crippen LogP contribution in [0.3, 0.4) is 0 Å². The lowest BCUT2D eigenvalue weighted by Gasteiger charge is -2.31. The summed E-state index contributed by atoms with van der Waals surface area (Å²) in [7, 11) is 1.85. The predicted molar refractivity (Wildman–Crippen MR) is 65.2 cm³/mol. The lowest BCUT2D eigenvalue weighted by molar-refractivity contribution is -0.00564. The van der Waals surface area contributed by atoms with Gasteiger partial charge in [-0.05, 0) is 12.8 Å². The fraction of sp³-hybridized carbons (Fsp3) is 0.667. The van der Waals surface area contributed by atoms with Gasteiger partial charge in [0.05, 0.1) is 25.6 Å². The number of hydrogen-bond acceptors (Lipinski definition) is 4. The molecule has 100 valence electrons. The number of aliphatic hydroxyl groups is 1. The second-order valence-electron chi connectivity index (χ2n) is 4.51. The number of rotatable bonds is 4. The number of carbonyl (C=O) groups is 1. The third-order valence-electron chi connectivity index (χ3n) is 3.10. The van der Waals surface area contributed by atoms with Gasteiger partial charge in [-0.1, -0.05) is 0 Å². The van der Waals surface area contributed by atoms with Crippen molar-refractivity contribution in [1.82, 2.24) is 14.5 Å². The molecule has 6 nitrogen and oxygen atoms in total. The smallest absolute Gasteiger partial charge is 0.274 e.